The van der Waals surface area contributed by atoms with Crippen molar-refractivity contribution in [3.05, 3.63) is 60.3 Å². The Bertz CT molecular complexity index is 1130. The highest BCUT2D eigenvalue weighted by molar-refractivity contribution is 5.83. The number of hydrogen-bond acceptors (Lipinski definition) is 6. The standard InChI is InChI=1S/C24H26FN5O2/c1-32-19-9-20-16(3-2-4-22(20)28-11-19)10-27-13-24(31)29-14-17-5-6-18(15-29)30(17)23-7-8-26-12-21(23)25/h2-4,7-9,11-12,17-18,27H,5-6,10,13-15H2,1H3/t17-,18+. The number of nitrogens with zero attached hydrogens (tertiary/aromatic N) is 4. The zero-order valence-corrected chi connectivity index (χ0v) is 18.0. The summed E-state index contributed by atoms with van der Waals surface area (Å²) >= 11 is 0. The summed E-state index contributed by atoms with van der Waals surface area (Å²) in [4.78, 5) is 25.3. The van der Waals surface area contributed by atoms with Gasteiger partial charge in [-0.3, -0.25) is 14.8 Å². The number of rotatable bonds is 6. The second-order valence-corrected chi connectivity index (χ2v) is 8.38. The van der Waals surface area contributed by atoms with Crippen LogP contribution in [-0.2, 0) is 11.3 Å². The van der Waals surface area contributed by atoms with E-state index in [-0.39, 0.29) is 30.4 Å². The molecule has 8 heteroatoms. The molecule has 2 atom stereocenters. The number of likely N-dealkylation sites (tertiary alicyclic amines) is 1. The predicted molar refractivity (Wildman–Crippen MR) is 120 cm³/mol. The third-order valence-corrected chi connectivity index (χ3v) is 6.48. The number of hydrogen-bond donors (Lipinski definition) is 1. The summed E-state index contributed by atoms with van der Waals surface area (Å²) < 4.78 is 19.6. The van der Waals surface area contributed by atoms with E-state index in [0.717, 1.165) is 29.3 Å². The number of pyridine rings is 2. The van der Waals surface area contributed by atoms with Crippen LogP contribution < -0.4 is 15.0 Å². The van der Waals surface area contributed by atoms with Gasteiger partial charge in [0.1, 0.15) is 5.75 Å². The van der Waals surface area contributed by atoms with E-state index in [1.165, 1.54) is 6.20 Å². The number of methoxy groups -OCH3 is 1. The van der Waals surface area contributed by atoms with Gasteiger partial charge in [-0.2, -0.15) is 0 Å². The van der Waals surface area contributed by atoms with Crippen LogP contribution in [0, 0.1) is 5.82 Å². The zero-order chi connectivity index (χ0) is 22.1. The molecule has 2 aliphatic rings. The van der Waals surface area contributed by atoms with Crippen molar-refractivity contribution in [1.82, 2.24) is 20.2 Å². The third kappa shape index (κ3) is 3.86. The molecule has 0 unspecified atom stereocenters. The molecule has 32 heavy (non-hydrogen) atoms. The van der Waals surface area contributed by atoms with Crippen LogP contribution in [-0.4, -0.2) is 59.6 Å². The molecule has 1 aromatic carbocycles. The van der Waals surface area contributed by atoms with E-state index < -0.39 is 0 Å². The summed E-state index contributed by atoms with van der Waals surface area (Å²) in [6, 6.07) is 9.95. The van der Waals surface area contributed by atoms with Crippen LogP contribution in [0.2, 0.25) is 0 Å². The number of amides is 1. The molecular weight excluding hydrogens is 409 g/mol. The Kier molecular flexibility index (Phi) is 5.61. The molecule has 5 rings (SSSR count). The van der Waals surface area contributed by atoms with Crippen molar-refractivity contribution in [2.45, 2.75) is 31.5 Å². The fourth-order valence-electron chi connectivity index (χ4n) is 4.95. The minimum Gasteiger partial charge on any atom is -0.495 e. The van der Waals surface area contributed by atoms with Crippen molar-refractivity contribution in [2.24, 2.45) is 0 Å². The van der Waals surface area contributed by atoms with Crippen LogP contribution in [0.25, 0.3) is 10.9 Å². The first-order valence-corrected chi connectivity index (χ1v) is 10.9. The first-order chi connectivity index (χ1) is 15.6. The van der Waals surface area contributed by atoms with Gasteiger partial charge in [0, 0.05) is 43.3 Å². The lowest BCUT2D eigenvalue weighted by Crippen LogP contribution is -2.57. The Morgan fingerprint density at radius 2 is 2.03 bits per heavy atom. The van der Waals surface area contributed by atoms with Crippen LogP contribution >= 0.6 is 0 Å². The second kappa shape index (κ2) is 8.70. The highest BCUT2D eigenvalue weighted by atomic mass is 19.1. The molecule has 2 bridgehead atoms. The lowest BCUT2D eigenvalue weighted by molar-refractivity contribution is -0.131. The summed E-state index contributed by atoms with van der Waals surface area (Å²) in [6.07, 6.45) is 6.52. The second-order valence-electron chi connectivity index (χ2n) is 8.38. The fraction of sp³-hybridized carbons (Fsp3) is 0.375. The molecule has 166 valence electrons. The fourth-order valence-corrected chi connectivity index (χ4v) is 4.95. The maximum Gasteiger partial charge on any atom is 0.236 e. The molecule has 2 saturated heterocycles. The van der Waals surface area contributed by atoms with E-state index in [9.17, 15) is 9.18 Å². The Labute approximate surface area is 186 Å². The van der Waals surface area contributed by atoms with Crippen molar-refractivity contribution in [3.63, 3.8) is 0 Å². The number of ether oxygens (including phenoxy) is 1. The number of piperazine rings is 1. The average Bonchev–Trinajstić information content (AvgIpc) is 3.07. The van der Waals surface area contributed by atoms with Crippen LogP contribution in [0.15, 0.2) is 48.9 Å². The van der Waals surface area contributed by atoms with E-state index in [1.807, 2.05) is 29.2 Å². The molecule has 0 saturated carbocycles. The van der Waals surface area contributed by atoms with E-state index in [4.69, 9.17) is 4.74 Å². The van der Waals surface area contributed by atoms with Crippen LogP contribution in [0.1, 0.15) is 18.4 Å². The van der Waals surface area contributed by atoms with E-state index in [1.54, 1.807) is 25.6 Å². The Balaban J connectivity index is 1.21. The molecule has 2 fully saturated rings. The molecule has 2 aromatic heterocycles. The number of halogens is 1. The number of anilines is 1. The van der Waals surface area contributed by atoms with Gasteiger partial charge in [0.15, 0.2) is 5.82 Å². The van der Waals surface area contributed by atoms with Gasteiger partial charge in [0.25, 0.3) is 0 Å². The first kappa shape index (κ1) is 20.6. The third-order valence-electron chi connectivity index (χ3n) is 6.48. The van der Waals surface area contributed by atoms with Crippen molar-refractivity contribution in [1.29, 1.82) is 0 Å². The minimum absolute atomic E-state index is 0.0766. The molecular formula is C24H26FN5O2. The summed E-state index contributed by atoms with van der Waals surface area (Å²) in [5, 5.41) is 4.30. The normalized spacial score (nSPS) is 20.1. The van der Waals surface area contributed by atoms with Crippen molar-refractivity contribution in [2.75, 3.05) is 31.6 Å². The van der Waals surface area contributed by atoms with Gasteiger partial charge >= 0.3 is 0 Å². The lowest BCUT2D eigenvalue weighted by atomic mass is 10.1. The number of nitrogens with one attached hydrogen (secondary N) is 1. The van der Waals surface area contributed by atoms with E-state index in [2.05, 4.69) is 20.2 Å². The predicted octanol–water partition coefficient (Wildman–Crippen LogP) is 2.75. The molecule has 2 aliphatic heterocycles. The first-order valence-electron chi connectivity index (χ1n) is 10.9. The summed E-state index contributed by atoms with van der Waals surface area (Å²) in [7, 11) is 1.62. The Morgan fingerprint density at radius 1 is 1.22 bits per heavy atom. The smallest absolute Gasteiger partial charge is 0.236 e. The van der Waals surface area contributed by atoms with Gasteiger partial charge in [-0.15, -0.1) is 0 Å². The van der Waals surface area contributed by atoms with Gasteiger partial charge in [-0.25, -0.2) is 4.39 Å². The van der Waals surface area contributed by atoms with Crippen molar-refractivity contribution >= 4 is 22.5 Å². The molecule has 0 radical (unpaired) electrons. The highest BCUT2D eigenvalue weighted by Crippen LogP contribution is 2.35. The Hall–Kier alpha value is -3.26. The largest absolute Gasteiger partial charge is 0.495 e. The van der Waals surface area contributed by atoms with Gasteiger partial charge in [-0.05, 0) is 36.6 Å². The maximum absolute atomic E-state index is 14.3. The number of carbonyl (C=O) groups is 1. The summed E-state index contributed by atoms with van der Waals surface area (Å²) in [6.45, 7) is 2.06. The van der Waals surface area contributed by atoms with E-state index in [0.29, 0.717) is 31.1 Å². The van der Waals surface area contributed by atoms with Gasteiger partial charge in [0.2, 0.25) is 5.91 Å². The van der Waals surface area contributed by atoms with Gasteiger partial charge in [0.05, 0.1) is 37.3 Å². The monoisotopic (exact) mass is 435 g/mol. The SMILES string of the molecule is COc1cnc2cccc(CNCC(=O)N3C[C@H]4CC[C@@H](C3)N4c3ccncc3F)c2c1. The van der Waals surface area contributed by atoms with Gasteiger partial charge < -0.3 is 19.9 Å². The molecule has 4 heterocycles. The van der Waals surface area contributed by atoms with Crippen LogP contribution in [0.5, 0.6) is 5.75 Å². The van der Waals surface area contributed by atoms with Crippen LogP contribution in [0.4, 0.5) is 10.1 Å². The topological polar surface area (TPSA) is 70.6 Å². The van der Waals surface area contributed by atoms with Gasteiger partial charge in [-0.1, -0.05) is 12.1 Å². The highest BCUT2D eigenvalue weighted by Gasteiger charge is 2.42. The summed E-state index contributed by atoms with van der Waals surface area (Å²) in [5.74, 6) is 0.486. The quantitative estimate of drug-likeness (QED) is 0.642. The minimum atomic E-state index is -0.299. The maximum atomic E-state index is 14.3. The molecule has 0 spiro atoms. The average molecular weight is 436 g/mol. The van der Waals surface area contributed by atoms with E-state index >= 15 is 0 Å². The molecule has 7 nitrogen and oxygen atoms in total. The molecule has 0 aliphatic carbocycles. The summed E-state index contributed by atoms with van der Waals surface area (Å²) in [5.41, 5.74) is 2.56. The number of benzene rings is 1. The Morgan fingerprint density at radius 3 is 2.78 bits per heavy atom. The zero-order valence-electron chi connectivity index (χ0n) is 18.0. The number of aromatic nitrogens is 2. The number of fused-ring (bicyclic) bond motifs is 3. The molecule has 1 N–H and O–H groups in total. The van der Waals surface area contributed by atoms with Crippen LogP contribution in [0.3, 0.4) is 0 Å². The molecule has 1 amide bonds. The molecule has 3 aromatic rings. The lowest BCUT2D eigenvalue weighted by Gasteiger charge is -2.42. The van der Waals surface area contributed by atoms with Crippen molar-refractivity contribution < 1.29 is 13.9 Å². The number of carbonyl (C=O) groups excluding carboxylic acids is 1. The van der Waals surface area contributed by atoms with Crippen molar-refractivity contribution in [3.8, 4) is 5.75 Å².